The number of fused-ring (bicyclic) bond motifs is 1. The average molecular weight is 376 g/mol. The standard InChI is InChI=1S/C19H21FN2O3S/c1-14-12-17(4-5-18(14)20)26(23,24)22-7-6-15-2-3-16(13-19(15)22)21-8-10-25-11-9-21/h2-5,12-13H,6-11H2,1H3. The van der Waals surface area contributed by atoms with Gasteiger partial charge in [0.15, 0.2) is 0 Å². The lowest BCUT2D eigenvalue weighted by atomic mass is 10.1. The zero-order valence-electron chi connectivity index (χ0n) is 14.6. The smallest absolute Gasteiger partial charge is 0.264 e. The molecule has 0 bridgehead atoms. The minimum atomic E-state index is -3.72. The number of aryl methyl sites for hydroxylation is 1. The van der Waals surface area contributed by atoms with E-state index in [1.807, 2.05) is 18.2 Å². The highest BCUT2D eigenvalue weighted by atomic mass is 32.2. The summed E-state index contributed by atoms with van der Waals surface area (Å²) in [5.41, 5.74) is 3.07. The maximum absolute atomic E-state index is 13.5. The number of ether oxygens (including phenoxy) is 1. The molecule has 0 atom stereocenters. The molecule has 2 aliphatic heterocycles. The first-order chi connectivity index (χ1) is 12.5. The van der Waals surface area contributed by atoms with E-state index in [1.165, 1.54) is 22.5 Å². The summed E-state index contributed by atoms with van der Waals surface area (Å²) in [6.07, 6.45) is 0.679. The van der Waals surface area contributed by atoms with Gasteiger partial charge in [-0.25, -0.2) is 12.8 Å². The van der Waals surface area contributed by atoms with Crippen LogP contribution >= 0.6 is 0 Å². The number of benzene rings is 2. The van der Waals surface area contributed by atoms with Crippen LogP contribution in [0.15, 0.2) is 41.3 Å². The second-order valence-electron chi connectivity index (χ2n) is 6.65. The first-order valence-electron chi connectivity index (χ1n) is 8.71. The largest absolute Gasteiger partial charge is 0.378 e. The van der Waals surface area contributed by atoms with E-state index in [1.54, 1.807) is 6.92 Å². The van der Waals surface area contributed by atoms with E-state index in [9.17, 15) is 12.8 Å². The van der Waals surface area contributed by atoms with E-state index >= 15 is 0 Å². The summed E-state index contributed by atoms with van der Waals surface area (Å²) < 4.78 is 46.6. The van der Waals surface area contributed by atoms with Crippen molar-refractivity contribution in [3.05, 3.63) is 53.3 Å². The topological polar surface area (TPSA) is 49.9 Å². The van der Waals surface area contributed by atoms with Gasteiger partial charge < -0.3 is 9.64 Å². The van der Waals surface area contributed by atoms with Crippen molar-refractivity contribution in [2.24, 2.45) is 0 Å². The zero-order chi connectivity index (χ0) is 18.3. The number of rotatable bonds is 3. The van der Waals surface area contributed by atoms with Gasteiger partial charge in [0.1, 0.15) is 5.82 Å². The van der Waals surface area contributed by atoms with E-state index in [-0.39, 0.29) is 4.90 Å². The minimum absolute atomic E-state index is 0.126. The Morgan fingerprint density at radius 1 is 1.04 bits per heavy atom. The van der Waals surface area contributed by atoms with Gasteiger partial charge in [0, 0.05) is 25.3 Å². The zero-order valence-corrected chi connectivity index (χ0v) is 15.4. The Labute approximate surface area is 153 Å². The molecule has 138 valence electrons. The second kappa shape index (κ2) is 6.55. The third-order valence-corrected chi connectivity index (χ3v) is 6.82. The molecule has 0 amide bonds. The minimum Gasteiger partial charge on any atom is -0.378 e. The molecule has 0 N–H and O–H groups in total. The lowest BCUT2D eigenvalue weighted by molar-refractivity contribution is 0.122. The number of hydrogen-bond donors (Lipinski definition) is 0. The number of nitrogens with zero attached hydrogens (tertiary/aromatic N) is 2. The van der Waals surface area contributed by atoms with Gasteiger partial charge in [0.25, 0.3) is 10.0 Å². The SMILES string of the molecule is Cc1cc(S(=O)(=O)N2CCc3ccc(N4CCOCC4)cc32)ccc1F. The highest BCUT2D eigenvalue weighted by molar-refractivity contribution is 7.92. The summed E-state index contributed by atoms with van der Waals surface area (Å²) in [6.45, 7) is 4.91. The molecule has 5 nitrogen and oxygen atoms in total. The van der Waals surface area contributed by atoms with Gasteiger partial charge >= 0.3 is 0 Å². The van der Waals surface area contributed by atoms with Crippen molar-refractivity contribution in [3.63, 3.8) is 0 Å². The van der Waals surface area contributed by atoms with Crippen molar-refractivity contribution in [1.29, 1.82) is 0 Å². The molecular formula is C19H21FN2O3S. The van der Waals surface area contributed by atoms with Crippen LogP contribution in [0.3, 0.4) is 0 Å². The third-order valence-electron chi connectivity index (χ3n) is 5.02. The van der Waals surface area contributed by atoms with Crippen LogP contribution < -0.4 is 9.21 Å². The van der Waals surface area contributed by atoms with Crippen LogP contribution in [-0.4, -0.2) is 41.3 Å². The average Bonchev–Trinajstić information content (AvgIpc) is 3.08. The Morgan fingerprint density at radius 3 is 2.54 bits per heavy atom. The summed E-state index contributed by atoms with van der Waals surface area (Å²) >= 11 is 0. The number of hydrogen-bond acceptors (Lipinski definition) is 4. The van der Waals surface area contributed by atoms with Gasteiger partial charge in [-0.1, -0.05) is 6.07 Å². The van der Waals surface area contributed by atoms with Crippen LogP contribution in [-0.2, 0) is 21.2 Å². The van der Waals surface area contributed by atoms with Crippen molar-refractivity contribution in [2.75, 3.05) is 42.1 Å². The van der Waals surface area contributed by atoms with E-state index in [0.717, 1.165) is 30.0 Å². The van der Waals surface area contributed by atoms with Crippen molar-refractivity contribution in [1.82, 2.24) is 0 Å². The number of sulfonamides is 1. The molecule has 0 aliphatic carbocycles. The van der Waals surface area contributed by atoms with Gasteiger partial charge in [-0.05, 0) is 54.8 Å². The van der Waals surface area contributed by atoms with Gasteiger partial charge in [-0.15, -0.1) is 0 Å². The molecule has 0 aromatic heterocycles. The van der Waals surface area contributed by atoms with Crippen molar-refractivity contribution in [2.45, 2.75) is 18.2 Å². The number of halogens is 1. The molecule has 0 radical (unpaired) electrons. The normalized spacial score (nSPS) is 17.5. The predicted molar refractivity (Wildman–Crippen MR) is 98.8 cm³/mol. The molecule has 2 aromatic carbocycles. The van der Waals surface area contributed by atoms with Crippen LogP contribution in [0.4, 0.5) is 15.8 Å². The second-order valence-corrected chi connectivity index (χ2v) is 8.51. The molecule has 26 heavy (non-hydrogen) atoms. The van der Waals surface area contributed by atoms with E-state index < -0.39 is 15.8 Å². The first kappa shape index (κ1) is 17.3. The van der Waals surface area contributed by atoms with E-state index in [4.69, 9.17) is 4.74 Å². The Hall–Kier alpha value is -2.12. The molecule has 0 unspecified atom stereocenters. The molecule has 0 spiro atoms. The lowest BCUT2D eigenvalue weighted by Gasteiger charge is -2.30. The van der Waals surface area contributed by atoms with Gasteiger partial charge in [0.05, 0.1) is 23.8 Å². The third kappa shape index (κ3) is 2.95. The van der Waals surface area contributed by atoms with Crippen LogP contribution in [0.25, 0.3) is 0 Å². The van der Waals surface area contributed by atoms with Crippen LogP contribution in [0.5, 0.6) is 0 Å². The Bertz CT molecular complexity index is 940. The molecule has 2 heterocycles. The fraction of sp³-hybridized carbons (Fsp3) is 0.368. The maximum atomic E-state index is 13.5. The van der Waals surface area contributed by atoms with Gasteiger partial charge in [-0.3, -0.25) is 4.31 Å². The lowest BCUT2D eigenvalue weighted by Crippen LogP contribution is -2.36. The molecule has 1 saturated heterocycles. The van der Waals surface area contributed by atoms with E-state index in [0.29, 0.717) is 31.7 Å². The molecule has 7 heteroatoms. The summed E-state index contributed by atoms with van der Waals surface area (Å²) in [5, 5.41) is 0. The van der Waals surface area contributed by atoms with Gasteiger partial charge in [0.2, 0.25) is 0 Å². The number of anilines is 2. The molecule has 1 fully saturated rings. The van der Waals surface area contributed by atoms with E-state index in [2.05, 4.69) is 4.90 Å². The monoisotopic (exact) mass is 376 g/mol. The Kier molecular flexibility index (Phi) is 4.36. The van der Waals surface area contributed by atoms with Crippen LogP contribution in [0, 0.1) is 12.7 Å². The molecule has 2 aliphatic rings. The highest BCUT2D eigenvalue weighted by Crippen LogP contribution is 2.36. The van der Waals surface area contributed by atoms with Crippen LogP contribution in [0.1, 0.15) is 11.1 Å². The first-order valence-corrected chi connectivity index (χ1v) is 10.2. The molecule has 2 aromatic rings. The molecule has 0 saturated carbocycles. The summed E-state index contributed by atoms with van der Waals surface area (Å²) in [5.74, 6) is -0.402. The van der Waals surface area contributed by atoms with Gasteiger partial charge in [-0.2, -0.15) is 0 Å². The fourth-order valence-corrected chi connectivity index (χ4v) is 5.09. The summed E-state index contributed by atoms with van der Waals surface area (Å²) in [4.78, 5) is 2.33. The number of morpholine rings is 1. The van der Waals surface area contributed by atoms with Crippen molar-refractivity contribution < 1.29 is 17.5 Å². The Morgan fingerprint density at radius 2 is 1.81 bits per heavy atom. The van der Waals surface area contributed by atoms with Crippen molar-refractivity contribution in [3.8, 4) is 0 Å². The Balaban J connectivity index is 1.70. The fourth-order valence-electron chi connectivity index (χ4n) is 3.51. The predicted octanol–water partition coefficient (Wildman–Crippen LogP) is 2.72. The maximum Gasteiger partial charge on any atom is 0.264 e. The molecule has 4 rings (SSSR count). The highest BCUT2D eigenvalue weighted by Gasteiger charge is 2.31. The molecular weight excluding hydrogens is 355 g/mol. The summed E-state index contributed by atoms with van der Waals surface area (Å²) in [7, 11) is -3.72. The van der Waals surface area contributed by atoms with Crippen LogP contribution in [0.2, 0.25) is 0 Å². The quantitative estimate of drug-likeness (QED) is 0.827. The van der Waals surface area contributed by atoms with Crippen molar-refractivity contribution >= 4 is 21.4 Å². The summed E-state index contributed by atoms with van der Waals surface area (Å²) in [6, 6.07) is 9.94.